The number of halogens is 1. The van der Waals surface area contributed by atoms with Crippen molar-refractivity contribution >= 4 is 15.9 Å². The molecule has 1 rings (SSSR count). The van der Waals surface area contributed by atoms with Crippen LogP contribution >= 0.6 is 15.9 Å². The van der Waals surface area contributed by atoms with E-state index in [1.807, 2.05) is 11.7 Å². The van der Waals surface area contributed by atoms with Gasteiger partial charge in [0.15, 0.2) is 0 Å². The fourth-order valence-electron chi connectivity index (χ4n) is 1.74. The lowest BCUT2D eigenvalue weighted by molar-refractivity contribution is 0.0463. The van der Waals surface area contributed by atoms with Crippen LogP contribution in [0.4, 0.5) is 0 Å². The lowest BCUT2D eigenvalue weighted by Gasteiger charge is -2.29. The summed E-state index contributed by atoms with van der Waals surface area (Å²) in [5.74, 6) is 0. The van der Waals surface area contributed by atoms with Gasteiger partial charge < -0.3 is 5.11 Å². The molecule has 1 unspecified atom stereocenters. The zero-order valence-corrected chi connectivity index (χ0v) is 13.0. The first-order valence-electron chi connectivity index (χ1n) is 6.21. The smallest absolute Gasteiger partial charge is 0.0766 e. The van der Waals surface area contributed by atoms with Gasteiger partial charge >= 0.3 is 0 Å². The second-order valence-corrected chi connectivity index (χ2v) is 6.04. The van der Waals surface area contributed by atoms with Crippen LogP contribution in [0.3, 0.4) is 0 Å². The number of aryl methyl sites for hydroxylation is 2. The summed E-state index contributed by atoms with van der Waals surface area (Å²) < 4.78 is 2.92. The normalized spacial score (nSPS) is 14.1. The number of aliphatic hydroxyl groups excluding tert-OH is 1. The topological polar surface area (TPSA) is 38.0 Å². The second-order valence-electron chi connectivity index (χ2n) is 5.25. The van der Waals surface area contributed by atoms with Crippen LogP contribution in [-0.4, -0.2) is 21.0 Å². The summed E-state index contributed by atoms with van der Waals surface area (Å²) in [5.41, 5.74) is 2.08. The minimum atomic E-state index is -0.344. The van der Waals surface area contributed by atoms with Crippen LogP contribution in [0.2, 0.25) is 0 Å². The van der Waals surface area contributed by atoms with Gasteiger partial charge in [0.25, 0.3) is 0 Å². The molecule has 1 aromatic rings. The molecule has 0 aliphatic rings. The van der Waals surface area contributed by atoms with E-state index in [0.29, 0.717) is 6.42 Å². The molecule has 0 spiro atoms. The Bertz CT molecular complexity index is 385. The van der Waals surface area contributed by atoms with Gasteiger partial charge in [-0.05, 0) is 34.2 Å². The molecule has 0 saturated carbocycles. The van der Waals surface area contributed by atoms with Gasteiger partial charge in [-0.2, -0.15) is 5.10 Å². The zero-order chi connectivity index (χ0) is 13.2. The molecule has 0 saturated heterocycles. The van der Waals surface area contributed by atoms with E-state index < -0.39 is 0 Å². The van der Waals surface area contributed by atoms with Crippen molar-refractivity contribution in [1.82, 2.24) is 9.78 Å². The average molecular weight is 303 g/mol. The average Bonchev–Trinajstić information content (AvgIpc) is 2.56. The molecule has 1 N–H and O–H groups in total. The maximum absolute atomic E-state index is 10.3. The molecule has 17 heavy (non-hydrogen) atoms. The van der Waals surface area contributed by atoms with Crippen LogP contribution in [0, 0.1) is 5.41 Å². The highest BCUT2D eigenvalue weighted by atomic mass is 79.9. The molecule has 1 atom stereocenters. The summed E-state index contributed by atoms with van der Waals surface area (Å²) in [6, 6.07) is 0. The monoisotopic (exact) mass is 302 g/mol. The number of hydrogen-bond donors (Lipinski definition) is 1. The van der Waals surface area contributed by atoms with Crippen LogP contribution in [0.25, 0.3) is 0 Å². The lowest BCUT2D eigenvalue weighted by atomic mass is 9.82. The number of aromatic nitrogens is 2. The Hall–Kier alpha value is -0.350. The predicted molar refractivity (Wildman–Crippen MR) is 74.1 cm³/mol. The second kappa shape index (κ2) is 5.53. The molecule has 0 fully saturated rings. The van der Waals surface area contributed by atoms with E-state index in [0.717, 1.165) is 28.7 Å². The van der Waals surface area contributed by atoms with Gasteiger partial charge in [-0.25, -0.2) is 0 Å². The highest BCUT2D eigenvalue weighted by molar-refractivity contribution is 9.10. The first-order valence-corrected chi connectivity index (χ1v) is 7.01. The van der Waals surface area contributed by atoms with Crippen LogP contribution in [-0.2, 0) is 19.9 Å². The van der Waals surface area contributed by atoms with Gasteiger partial charge in [0.1, 0.15) is 0 Å². The van der Waals surface area contributed by atoms with Crippen molar-refractivity contribution in [3.8, 4) is 0 Å². The van der Waals surface area contributed by atoms with Crippen molar-refractivity contribution in [3.63, 3.8) is 0 Å². The Labute approximate surface area is 112 Å². The van der Waals surface area contributed by atoms with E-state index >= 15 is 0 Å². The van der Waals surface area contributed by atoms with Gasteiger partial charge in [-0.1, -0.05) is 27.7 Å². The first kappa shape index (κ1) is 14.7. The fraction of sp³-hybridized carbons (Fsp3) is 0.769. The highest BCUT2D eigenvalue weighted by Crippen LogP contribution is 2.30. The van der Waals surface area contributed by atoms with Crippen molar-refractivity contribution in [2.24, 2.45) is 12.5 Å². The molecule has 4 heteroatoms. The highest BCUT2D eigenvalue weighted by Gasteiger charge is 2.28. The first-order chi connectivity index (χ1) is 7.83. The van der Waals surface area contributed by atoms with Crippen molar-refractivity contribution < 1.29 is 5.11 Å². The molecule has 0 amide bonds. The summed E-state index contributed by atoms with van der Waals surface area (Å²) in [5, 5.41) is 14.7. The van der Waals surface area contributed by atoms with Gasteiger partial charge in [-0.3, -0.25) is 4.68 Å². The van der Waals surface area contributed by atoms with Gasteiger partial charge in [0.2, 0.25) is 0 Å². The quantitative estimate of drug-likeness (QED) is 0.908. The Morgan fingerprint density at radius 1 is 1.41 bits per heavy atom. The molecule has 0 radical (unpaired) electrons. The summed E-state index contributed by atoms with van der Waals surface area (Å²) in [6.45, 7) is 8.40. The molecule has 0 aromatic carbocycles. The minimum absolute atomic E-state index is 0.0594. The van der Waals surface area contributed by atoms with Gasteiger partial charge in [0.05, 0.1) is 22.0 Å². The maximum atomic E-state index is 10.3. The van der Waals surface area contributed by atoms with E-state index in [2.05, 4.69) is 48.7 Å². The molecule has 98 valence electrons. The Morgan fingerprint density at radius 3 is 2.41 bits per heavy atom. The minimum Gasteiger partial charge on any atom is -0.392 e. The van der Waals surface area contributed by atoms with Gasteiger partial charge in [-0.15, -0.1) is 0 Å². The lowest BCUT2D eigenvalue weighted by Crippen LogP contribution is -2.31. The summed E-state index contributed by atoms with van der Waals surface area (Å²) >= 11 is 3.58. The third-order valence-corrected chi connectivity index (χ3v) is 4.62. The van der Waals surface area contributed by atoms with Crippen molar-refractivity contribution in [3.05, 3.63) is 15.9 Å². The predicted octanol–water partition coefficient (Wildman–Crippen LogP) is 3.08. The molecule has 1 heterocycles. The largest absolute Gasteiger partial charge is 0.392 e. The van der Waals surface area contributed by atoms with E-state index in [-0.39, 0.29) is 11.5 Å². The van der Waals surface area contributed by atoms with Crippen LogP contribution in [0.5, 0.6) is 0 Å². The summed E-state index contributed by atoms with van der Waals surface area (Å²) in [7, 11) is 1.94. The van der Waals surface area contributed by atoms with Crippen LogP contribution in [0.1, 0.15) is 45.5 Å². The molecule has 0 aliphatic heterocycles. The molecule has 1 aromatic heterocycles. The number of aliphatic hydroxyl groups is 1. The van der Waals surface area contributed by atoms with Crippen molar-refractivity contribution in [1.29, 1.82) is 0 Å². The Balaban J connectivity index is 2.92. The van der Waals surface area contributed by atoms with E-state index in [1.54, 1.807) is 0 Å². The summed E-state index contributed by atoms with van der Waals surface area (Å²) in [6.07, 6.45) is 2.17. The Morgan fingerprint density at radius 2 is 2.00 bits per heavy atom. The third kappa shape index (κ3) is 3.10. The number of nitrogens with zero attached hydrogens (tertiary/aromatic N) is 2. The number of hydrogen-bond acceptors (Lipinski definition) is 2. The van der Waals surface area contributed by atoms with Crippen molar-refractivity contribution in [2.45, 2.75) is 53.1 Å². The van der Waals surface area contributed by atoms with Gasteiger partial charge in [0, 0.05) is 13.5 Å². The molecular weight excluding hydrogens is 280 g/mol. The van der Waals surface area contributed by atoms with E-state index in [4.69, 9.17) is 0 Å². The SMILES string of the molecule is CCc1nn(C)c(CC(O)C(C)(C)CC)c1Br. The van der Waals surface area contributed by atoms with E-state index in [9.17, 15) is 5.11 Å². The number of rotatable bonds is 5. The third-order valence-electron chi connectivity index (χ3n) is 3.70. The fourth-order valence-corrected chi connectivity index (χ4v) is 2.51. The van der Waals surface area contributed by atoms with Crippen LogP contribution in [0.15, 0.2) is 4.47 Å². The molecule has 3 nitrogen and oxygen atoms in total. The molecule has 0 bridgehead atoms. The van der Waals surface area contributed by atoms with Crippen molar-refractivity contribution in [2.75, 3.05) is 0 Å². The van der Waals surface area contributed by atoms with Crippen LogP contribution < -0.4 is 0 Å². The molecular formula is C13H23BrN2O. The van der Waals surface area contributed by atoms with E-state index in [1.165, 1.54) is 0 Å². The summed E-state index contributed by atoms with van der Waals surface area (Å²) in [4.78, 5) is 0. The zero-order valence-electron chi connectivity index (χ0n) is 11.4. The molecule has 0 aliphatic carbocycles. The maximum Gasteiger partial charge on any atom is 0.0766 e. The standard InChI is InChI=1S/C13H23BrN2O/c1-6-9-12(14)10(16(5)15-9)8-11(17)13(3,4)7-2/h11,17H,6-8H2,1-5H3. The Kier molecular flexibility index (Phi) is 4.78.